The van der Waals surface area contributed by atoms with Crippen molar-refractivity contribution in [2.24, 2.45) is 0 Å². The van der Waals surface area contributed by atoms with E-state index in [4.69, 9.17) is 4.52 Å². The van der Waals surface area contributed by atoms with E-state index in [2.05, 4.69) is 10.1 Å². The topological polar surface area (TPSA) is 81.1 Å². The molecule has 0 unspecified atom stereocenters. The van der Waals surface area contributed by atoms with E-state index in [9.17, 15) is 23.1 Å². The number of aryl methyl sites for hydroxylation is 2. The Balaban J connectivity index is 2.11. The molecular formula is C12H12F3N3O3. The molecule has 0 amide bonds. The van der Waals surface area contributed by atoms with Gasteiger partial charge in [0.1, 0.15) is 12.3 Å². The molecule has 6 nitrogen and oxygen atoms in total. The van der Waals surface area contributed by atoms with E-state index < -0.39 is 18.2 Å². The lowest BCUT2D eigenvalue weighted by Gasteiger charge is -2.06. The lowest BCUT2D eigenvalue weighted by molar-refractivity contribution is -0.134. The van der Waals surface area contributed by atoms with Gasteiger partial charge in [0.2, 0.25) is 5.89 Å². The summed E-state index contributed by atoms with van der Waals surface area (Å²) in [7, 11) is 0. The average molecular weight is 303 g/mol. The summed E-state index contributed by atoms with van der Waals surface area (Å²) in [5.74, 6) is -0.194. The van der Waals surface area contributed by atoms with Crippen LogP contribution in [-0.4, -0.2) is 26.0 Å². The molecule has 0 aliphatic heterocycles. The highest BCUT2D eigenvalue weighted by atomic mass is 19.4. The highest BCUT2D eigenvalue weighted by Crippen LogP contribution is 2.21. The maximum absolute atomic E-state index is 12.1. The third-order valence-electron chi connectivity index (χ3n) is 2.76. The van der Waals surface area contributed by atoms with Crippen molar-refractivity contribution in [3.8, 4) is 5.75 Å². The minimum Gasteiger partial charge on any atom is -0.508 e. The summed E-state index contributed by atoms with van der Waals surface area (Å²) < 4.78 is 42.3. The van der Waals surface area contributed by atoms with Crippen molar-refractivity contribution in [3.05, 3.63) is 39.9 Å². The van der Waals surface area contributed by atoms with Crippen molar-refractivity contribution in [2.45, 2.75) is 32.5 Å². The van der Waals surface area contributed by atoms with E-state index >= 15 is 0 Å². The number of hydrogen-bond acceptors (Lipinski definition) is 5. The molecule has 0 aromatic carbocycles. The lowest BCUT2D eigenvalue weighted by atomic mass is 10.3. The molecule has 0 bridgehead atoms. The first-order valence-corrected chi connectivity index (χ1v) is 6.03. The highest BCUT2D eigenvalue weighted by Gasteiger charge is 2.27. The van der Waals surface area contributed by atoms with E-state index in [-0.39, 0.29) is 30.4 Å². The fourth-order valence-electron chi connectivity index (χ4n) is 1.76. The van der Waals surface area contributed by atoms with E-state index in [0.717, 1.165) is 6.07 Å². The number of alkyl halides is 3. The Morgan fingerprint density at radius 3 is 2.71 bits per heavy atom. The van der Waals surface area contributed by atoms with E-state index in [1.807, 2.05) is 0 Å². The molecule has 0 aliphatic carbocycles. The molecule has 2 rings (SSSR count). The van der Waals surface area contributed by atoms with Gasteiger partial charge in [0.15, 0.2) is 5.82 Å². The maximum Gasteiger partial charge on any atom is 0.389 e. The number of nitrogens with zero attached hydrogens (tertiary/aromatic N) is 3. The summed E-state index contributed by atoms with van der Waals surface area (Å²) in [6.07, 6.45) is -5.70. The normalized spacial score (nSPS) is 11.8. The van der Waals surface area contributed by atoms with Crippen molar-refractivity contribution in [3.63, 3.8) is 0 Å². The molecule has 0 saturated heterocycles. The predicted molar refractivity (Wildman–Crippen MR) is 64.9 cm³/mol. The molecule has 0 saturated carbocycles. The smallest absolute Gasteiger partial charge is 0.389 e. The molecule has 0 spiro atoms. The molecule has 0 aliphatic rings. The van der Waals surface area contributed by atoms with Crippen LogP contribution in [0.2, 0.25) is 0 Å². The lowest BCUT2D eigenvalue weighted by Crippen LogP contribution is -2.21. The molecule has 0 atom stereocenters. The molecule has 0 radical (unpaired) electrons. The van der Waals surface area contributed by atoms with Crippen LogP contribution >= 0.6 is 0 Å². The van der Waals surface area contributed by atoms with Crippen LogP contribution in [0, 0.1) is 6.92 Å². The predicted octanol–water partition coefficient (Wildman–Crippen LogP) is 1.79. The van der Waals surface area contributed by atoms with Crippen LogP contribution in [0.1, 0.15) is 23.8 Å². The standard InChI is InChI=1S/C12H12F3N3O3/c1-7-4-8(19)5-11(20)18(7)6-10-16-9(17-21-10)2-3-12(13,14)15/h4-5,19H,2-3,6H2,1H3. The first-order valence-electron chi connectivity index (χ1n) is 6.03. The SMILES string of the molecule is Cc1cc(O)cc(=O)n1Cc1nc(CCC(F)(F)F)no1. The minimum atomic E-state index is -4.29. The Bertz CT molecular complexity index is 691. The van der Waals surface area contributed by atoms with Gasteiger partial charge >= 0.3 is 6.18 Å². The zero-order valence-electron chi connectivity index (χ0n) is 11.0. The zero-order chi connectivity index (χ0) is 15.6. The summed E-state index contributed by atoms with van der Waals surface area (Å²) in [5.41, 5.74) is -0.00224. The summed E-state index contributed by atoms with van der Waals surface area (Å²) in [6, 6.07) is 2.40. The zero-order valence-corrected chi connectivity index (χ0v) is 11.0. The van der Waals surface area contributed by atoms with Gasteiger partial charge in [-0.3, -0.25) is 4.79 Å². The van der Waals surface area contributed by atoms with Gasteiger partial charge in [-0.05, 0) is 13.0 Å². The van der Waals surface area contributed by atoms with E-state index in [1.54, 1.807) is 6.92 Å². The van der Waals surface area contributed by atoms with Crippen LogP contribution in [0.5, 0.6) is 5.75 Å². The Morgan fingerprint density at radius 1 is 1.38 bits per heavy atom. The Hall–Kier alpha value is -2.32. The van der Waals surface area contributed by atoms with Crippen molar-refractivity contribution in [1.29, 1.82) is 0 Å². The van der Waals surface area contributed by atoms with Gasteiger partial charge < -0.3 is 14.2 Å². The number of rotatable bonds is 4. The molecule has 114 valence electrons. The third-order valence-corrected chi connectivity index (χ3v) is 2.76. The van der Waals surface area contributed by atoms with Crippen LogP contribution in [-0.2, 0) is 13.0 Å². The van der Waals surface area contributed by atoms with Crippen LogP contribution in [0.3, 0.4) is 0 Å². The van der Waals surface area contributed by atoms with Crippen molar-refractivity contribution >= 4 is 0 Å². The van der Waals surface area contributed by atoms with E-state index in [0.29, 0.717) is 5.69 Å². The van der Waals surface area contributed by atoms with E-state index in [1.165, 1.54) is 10.6 Å². The quantitative estimate of drug-likeness (QED) is 0.931. The van der Waals surface area contributed by atoms with Gasteiger partial charge in [-0.25, -0.2) is 0 Å². The van der Waals surface area contributed by atoms with Gasteiger partial charge in [0.05, 0.1) is 6.42 Å². The van der Waals surface area contributed by atoms with Gasteiger partial charge in [0, 0.05) is 18.2 Å². The highest BCUT2D eigenvalue weighted by molar-refractivity contribution is 5.21. The second-order valence-corrected chi connectivity index (χ2v) is 4.50. The number of aromatic nitrogens is 3. The number of pyridine rings is 1. The van der Waals surface area contributed by atoms with Crippen molar-refractivity contribution < 1.29 is 22.8 Å². The number of aromatic hydroxyl groups is 1. The second-order valence-electron chi connectivity index (χ2n) is 4.50. The molecule has 21 heavy (non-hydrogen) atoms. The fourth-order valence-corrected chi connectivity index (χ4v) is 1.76. The summed E-state index contributed by atoms with van der Waals surface area (Å²) in [6.45, 7) is 1.53. The molecule has 9 heteroatoms. The van der Waals surface area contributed by atoms with Crippen LogP contribution in [0.4, 0.5) is 13.2 Å². The molecule has 1 N–H and O–H groups in total. The second kappa shape index (κ2) is 5.58. The molecule has 2 heterocycles. The number of hydrogen-bond donors (Lipinski definition) is 1. The largest absolute Gasteiger partial charge is 0.508 e. The molecule has 2 aromatic rings. The number of halogens is 3. The maximum atomic E-state index is 12.1. The Morgan fingerprint density at radius 2 is 2.10 bits per heavy atom. The monoisotopic (exact) mass is 303 g/mol. The van der Waals surface area contributed by atoms with Crippen LogP contribution in [0.15, 0.2) is 21.5 Å². The summed E-state index contributed by atoms with van der Waals surface area (Å²) in [5, 5.41) is 12.7. The average Bonchev–Trinajstić information content (AvgIpc) is 2.78. The van der Waals surface area contributed by atoms with Crippen molar-refractivity contribution in [1.82, 2.24) is 14.7 Å². The van der Waals surface area contributed by atoms with Crippen LogP contribution < -0.4 is 5.56 Å². The van der Waals surface area contributed by atoms with Gasteiger partial charge in [-0.1, -0.05) is 5.16 Å². The summed E-state index contributed by atoms with van der Waals surface area (Å²) >= 11 is 0. The van der Waals surface area contributed by atoms with Gasteiger partial charge in [0.25, 0.3) is 5.56 Å². The van der Waals surface area contributed by atoms with Crippen molar-refractivity contribution in [2.75, 3.05) is 0 Å². The minimum absolute atomic E-state index is 0.0306. The van der Waals surface area contributed by atoms with Crippen LogP contribution in [0.25, 0.3) is 0 Å². The third kappa shape index (κ3) is 4.07. The Kier molecular flexibility index (Phi) is 4.01. The Labute approximate surface area is 116 Å². The summed E-state index contributed by atoms with van der Waals surface area (Å²) in [4.78, 5) is 15.5. The first kappa shape index (κ1) is 15.1. The van der Waals surface area contributed by atoms with Gasteiger partial charge in [-0.2, -0.15) is 18.2 Å². The first-order chi connectivity index (χ1) is 9.74. The molecular weight excluding hydrogens is 291 g/mol. The molecule has 0 fully saturated rings. The molecule has 2 aromatic heterocycles. The fraction of sp³-hybridized carbons (Fsp3) is 0.417. The van der Waals surface area contributed by atoms with Gasteiger partial charge in [-0.15, -0.1) is 0 Å².